The molecule has 1 N–H and O–H groups in total. The van der Waals surface area contributed by atoms with E-state index in [4.69, 9.17) is 27.9 Å². The third-order valence-electron chi connectivity index (χ3n) is 4.44. The number of esters is 1. The summed E-state index contributed by atoms with van der Waals surface area (Å²) in [5.41, 5.74) is 0.251. The smallest absolute Gasteiger partial charge is 0.340 e. The lowest BCUT2D eigenvalue weighted by Crippen LogP contribution is -2.19. The Morgan fingerprint density at radius 3 is 2.75 bits per heavy atom. The highest BCUT2D eigenvalue weighted by atomic mass is 35.5. The Hall–Kier alpha value is -1.84. The van der Waals surface area contributed by atoms with Crippen LogP contribution >= 0.6 is 35.0 Å². The van der Waals surface area contributed by atoms with E-state index < -0.39 is 5.97 Å². The maximum Gasteiger partial charge on any atom is 0.340 e. The fourth-order valence-corrected chi connectivity index (χ4v) is 4.40. The molecule has 8 nitrogen and oxygen atoms in total. The summed E-state index contributed by atoms with van der Waals surface area (Å²) in [6.45, 7) is 0. The molecule has 150 valence electrons. The van der Waals surface area contributed by atoms with Crippen LogP contribution in [0.15, 0.2) is 17.3 Å². The Kier molecular flexibility index (Phi) is 7.14. The molecule has 28 heavy (non-hydrogen) atoms. The molecule has 0 saturated heterocycles. The summed E-state index contributed by atoms with van der Waals surface area (Å²) in [6.07, 6.45) is 5.61. The average Bonchev–Trinajstić information content (AvgIpc) is 3.17. The summed E-state index contributed by atoms with van der Waals surface area (Å²) in [5, 5.41) is 15.5. The average molecular weight is 444 g/mol. The Morgan fingerprint density at radius 2 is 2.04 bits per heavy atom. The molecule has 1 aliphatic rings. The number of amides is 1. The predicted molar refractivity (Wildman–Crippen MR) is 107 cm³/mol. The zero-order chi connectivity index (χ0) is 20.1. The third-order valence-corrected chi connectivity index (χ3v) is 5.89. The van der Waals surface area contributed by atoms with E-state index in [0.29, 0.717) is 5.16 Å². The lowest BCUT2D eigenvalue weighted by molar-refractivity contribution is -0.113. The Balaban J connectivity index is 1.68. The molecule has 0 bridgehead atoms. The lowest BCUT2D eigenvalue weighted by Gasteiger charge is -2.21. The molecule has 1 amide bonds. The van der Waals surface area contributed by atoms with Crippen molar-refractivity contribution in [3.63, 3.8) is 0 Å². The van der Waals surface area contributed by atoms with Gasteiger partial charge in [-0.1, -0.05) is 54.2 Å². The number of nitrogens with one attached hydrogen (secondary N) is 1. The van der Waals surface area contributed by atoms with Crippen molar-refractivity contribution in [3.8, 4) is 0 Å². The molecule has 1 fully saturated rings. The Morgan fingerprint density at radius 1 is 1.29 bits per heavy atom. The van der Waals surface area contributed by atoms with Crippen molar-refractivity contribution in [3.05, 3.63) is 27.7 Å². The molecule has 0 unspecified atom stereocenters. The first kappa shape index (κ1) is 20.9. The van der Waals surface area contributed by atoms with Gasteiger partial charge < -0.3 is 10.1 Å². The summed E-state index contributed by atoms with van der Waals surface area (Å²) < 4.78 is 6.53. The molecular weight excluding hydrogens is 425 g/mol. The summed E-state index contributed by atoms with van der Waals surface area (Å²) in [7, 11) is 1.24. The van der Waals surface area contributed by atoms with Crippen LogP contribution in [0, 0.1) is 0 Å². The van der Waals surface area contributed by atoms with Crippen molar-refractivity contribution in [2.24, 2.45) is 0 Å². The van der Waals surface area contributed by atoms with E-state index >= 15 is 0 Å². The van der Waals surface area contributed by atoms with Gasteiger partial charge in [0.2, 0.25) is 11.1 Å². The molecule has 2 aromatic rings. The number of thioether (sulfide) groups is 1. The van der Waals surface area contributed by atoms with Gasteiger partial charge in [0.25, 0.3) is 0 Å². The number of carbonyl (C=O) groups excluding carboxylic acids is 2. The second-order valence-electron chi connectivity index (χ2n) is 6.34. The minimum atomic E-state index is -0.645. The zero-order valence-corrected chi connectivity index (χ0v) is 17.5. The molecular formula is C17H19Cl2N5O3S. The van der Waals surface area contributed by atoms with E-state index in [1.54, 1.807) is 4.68 Å². The summed E-state index contributed by atoms with van der Waals surface area (Å²) in [6, 6.07) is 3.11. The van der Waals surface area contributed by atoms with Crippen LogP contribution in [0.5, 0.6) is 0 Å². The van der Waals surface area contributed by atoms with Crippen LogP contribution in [0.2, 0.25) is 10.0 Å². The molecule has 0 aliphatic heterocycles. The minimum Gasteiger partial charge on any atom is -0.465 e. The number of anilines is 1. The largest absolute Gasteiger partial charge is 0.465 e. The normalized spacial score (nSPS) is 14.7. The summed E-state index contributed by atoms with van der Waals surface area (Å²) in [5.74, 6) is -0.932. The van der Waals surface area contributed by atoms with Gasteiger partial charge in [-0.05, 0) is 35.4 Å². The van der Waals surface area contributed by atoms with E-state index in [9.17, 15) is 9.59 Å². The Labute approximate surface area is 176 Å². The van der Waals surface area contributed by atoms with Gasteiger partial charge in [0.05, 0.1) is 35.2 Å². The minimum absolute atomic E-state index is 0.0622. The van der Waals surface area contributed by atoms with Crippen LogP contribution in [0.4, 0.5) is 5.69 Å². The highest BCUT2D eigenvalue weighted by Gasteiger charge is 2.22. The number of hydrogen-bond donors (Lipinski definition) is 1. The standard InChI is InChI=1S/C17H19Cl2N5O3S/c1-27-16(26)12-7-10(18)8-13(19)15(12)20-14(25)9-28-17-21-22-23-24(17)11-5-3-2-4-6-11/h7-8,11H,2-6,9H2,1H3,(H,20,25). The van der Waals surface area contributed by atoms with Gasteiger partial charge >= 0.3 is 5.97 Å². The van der Waals surface area contributed by atoms with Crippen LogP contribution in [-0.2, 0) is 9.53 Å². The second-order valence-corrected chi connectivity index (χ2v) is 8.12. The van der Waals surface area contributed by atoms with Gasteiger partial charge in [-0.25, -0.2) is 9.48 Å². The first-order chi connectivity index (χ1) is 13.5. The topological polar surface area (TPSA) is 99.0 Å². The van der Waals surface area contributed by atoms with Crippen molar-refractivity contribution >= 4 is 52.5 Å². The second kappa shape index (κ2) is 9.58. The van der Waals surface area contributed by atoms with Gasteiger partial charge in [-0.2, -0.15) is 0 Å². The van der Waals surface area contributed by atoms with Crippen LogP contribution < -0.4 is 5.32 Å². The van der Waals surface area contributed by atoms with Crippen molar-refractivity contribution in [2.45, 2.75) is 43.3 Å². The van der Waals surface area contributed by atoms with Crippen LogP contribution in [0.1, 0.15) is 48.5 Å². The van der Waals surface area contributed by atoms with E-state index in [0.717, 1.165) is 25.7 Å². The zero-order valence-electron chi connectivity index (χ0n) is 15.2. The van der Waals surface area contributed by atoms with Crippen LogP contribution in [0.3, 0.4) is 0 Å². The molecule has 1 heterocycles. The molecule has 0 atom stereocenters. The van der Waals surface area contributed by atoms with E-state index in [1.807, 2.05) is 0 Å². The maximum atomic E-state index is 12.4. The van der Waals surface area contributed by atoms with Crippen molar-refractivity contribution in [1.29, 1.82) is 0 Å². The fourth-order valence-electron chi connectivity index (χ4n) is 3.11. The van der Waals surface area contributed by atoms with E-state index in [-0.39, 0.29) is 39.0 Å². The number of ether oxygens (including phenoxy) is 1. The number of hydrogen-bond acceptors (Lipinski definition) is 7. The molecule has 3 rings (SSSR count). The van der Waals surface area contributed by atoms with Crippen LogP contribution in [-0.4, -0.2) is 44.9 Å². The molecule has 1 saturated carbocycles. The summed E-state index contributed by atoms with van der Waals surface area (Å²) in [4.78, 5) is 24.4. The Bertz CT molecular complexity index is 870. The first-order valence-electron chi connectivity index (χ1n) is 8.77. The van der Waals surface area contributed by atoms with Gasteiger partial charge in [0.1, 0.15) is 0 Å². The molecule has 1 aliphatic carbocycles. The molecule has 1 aromatic carbocycles. The van der Waals surface area contributed by atoms with E-state index in [2.05, 4.69) is 20.8 Å². The molecule has 0 radical (unpaired) electrons. The first-order valence-corrected chi connectivity index (χ1v) is 10.5. The number of methoxy groups -OCH3 is 1. The molecule has 1 aromatic heterocycles. The highest BCUT2D eigenvalue weighted by Crippen LogP contribution is 2.32. The van der Waals surface area contributed by atoms with Crippen molar-refractivity contribution in [1.82, 2.24) is 20.2 Å². The van der Waals surface area contributed by atoms with Gasteiger partial charge in [0, 0.05) is 5.02 Å². The lowest BCUT2D eigenvalue weighted by atomic mass is 9.96. The third kappa shape index (κ3) is 4.95. The monoisotopic (exact) mass is 443 g/mol. The SMILES string of the molecule is COC(=O)c1cc(Cl)cc(Cl)c1NC(=O)CSc1nnnn1C1CCCCC1. The number of carbonyl (C=O) groups is 2. The number of rotatable bonds is 6. The highest BCUT2D eigenvalue weighted by molar-refractivity contribution is 7.99. The van der Waals surface area contributed by atoms with Crippen molar-refractivity contribution < 1.29 is 14.3 Å². The van der Waals surface area contributed by atoms with Gasteiger partial charge in [-0.3, -0.25) is 4.79 Å². The fraction of sp³-hybridized carbons (Fsp3) is 0.471. The van der Waals surface area contributed by atoms with Gasteiger partial charge in [-0.15, -0.1) is 5.10 Å². The number of nitrogens with zero attached hydrogens (tertiary/aromatic N) is 4. The molecule has 11 heteroatoms. The molecule has 0 spiro atoms. The van der Waals surface area contributed by atoms with Crippen LogP contribution in [0.25, 0.3) is 0 Å². The van der Waals surface area contributed by atoms with E-state index in [1.165, 1.54) is 37.4 Å². The number of aromatic nitrogens is 4. The number of tetrazole rings is 1. The number of halogens is 2. The van der Waals surface area contributed by atoms with Gasteiger partial charge in [0.15, 0.2) is 0 Å². The quantitative estimate of drug-likeness (QED) is 0.531. The predicted octanol–water partition coefficient (Wildman–Crippen LogP) is 4.00. The number of benzene rings is 1. The maximum absolute atomic E-state index is 12.4. The van der Waals surface area contributed by atoms with Crippen molar-refractivity contribution in [2.75, 3.05) is 18.2 Å². The summed E-state index contributed by atoms with van der Waals surface area (Å²) >= 11 is 13.3.